The van der Waals surface area contributed by atoms with Crippen LogP contribution in [0.1, 0.15) is 16.7 Å². The number of nitrogens with one attached hydrogen (secondary N) is 1. The quantitative estimate of drug-likeness (QED) is 0.132. The lowest BCUT2D eigenvalue weighted by atomic mass is 10.2. The summed E-state index contributed by atoms with van der Waals surface area (Å²) < 4.78 is 18.4. The van der Waals surface area contributed by atoms with Crippen molar-refractivity contribution < 1.29 is 19.1 Å². The molecule has 0 saturated carbocycles. The zero-order valence-electron chi connectivity index (χ0n) is 17.9. The van der Waals surface area contributed by atoms with Crippen molar-refractivity contribution in [3.05, 3.63) is 88.5 Å². The largest absolute Gasteiger partial charge is 0.493 e. The topological polar surface area (TPSA) is 95.2 Å². The predicted molar refractivity (Wildman–Crippen MR) is 143 cm³/mol. The Balaban J connectivity index is 1.59. The van der Waals surface area contributed by atoms with Crippen molar-refractivity contribution in [1.82, 2.24) is 5.43 Å². The highest BCUT2D eigenvalue weighted by molar-refractivity contribution is 14.1. The van der Waals surface area contributed by atoms with Gasteiger partial charge in [0.25, 0.3) is 5.69 Å². The highest BCUT2D eigenvalue weighted by Gasteiger charge is 2.10. The Morgan fingerprint density at radius 3 is 2.21 bits per heavy atom. The maximum atomic E-state index is 10.8. The lowest BCUT2D eigenvalue weighted by molar-refractivity contribution is -0.384. The molecule has 3 aromatic carbocycles. The first-order chi connectivity index (χ1) is 15.9. The summed E-state index contributed by atoms with van der Waals surface area (Å²) in [4.78, 5) is 10.4. The van der Waals surface area contributed by atoms with E-state index >= 15 is 0 Å². The first kappa shape index (κ1) is 25.0. The highest BCUT2D eigenvalue weighted by atomic mass is 127. The van der Waals surface area contributed by atoms with Gasteiger partial charge in [0, 0.05) is 12.1 Å². The fourth-order valence-corrected chi connectivity index (χ4v) is 5.04. The van der Waals surface area contributed by atoms with Crippen molar-refractivity contribution in [3.63, 3.8) is 0 Å². The van der Waals surface area contributed by atoms with Crippen molar-refractivity contribution >= 4 is 57.1 Å². The first-order valence-corrected chi connectivity index (χ1v) is 11.9. The van der Waals surface area contributed by atoms with Crippen LogP contribution in [-0.4, -0.2) is 25.4 Å². The Morgan fingerprint density at radius 1 is 0.970 bits per heavy atom. The van der Waals surface area contributed by atoms with Crippen LogP contribution in [0.25, 0.3) is 0 Å². The Morgan fingerprint density at radius 2 is 1.61 bits per heavy atom. The van der Waals surface area contributed by atoms with E-state index in [4.69, 9.17) is 14.2 Å². The molecule has 0 aliphatic heterocycles. The Kier molecular flexibility index (Phi) is 9.11. The smallest absolute Gasteiger partial charge is 0.269 e. The molecule has 0 aromatic heterocycles. The minimum Gasteiger partial charge on any atom is -0.493 e. The number of hydrogen-bond donors (Lipinski definition) is 1. The molecule has 0 saturated heterocycles. The van der Waals surface area contributed by atoms with Gasteiger partial charge < -0.3 is 19.6 Å². The number of rotatable bonds is 10. The van der Waals surface area contributed by atoms with Gasteiger partial charge in [-0.15, -0.1) is 0 Å². The van der Waals surface area contributed by atoms with Gasteiger partial charge in [-0.25, -0.2) is 0 Å². The molecule has 0 bridgehead atoms. The van der Waals surface area contributed by atoms with Gasteiger partial charge >= 0.3 is 0 Å². The standard InChI is InChI=1S/C23H21I2N3O5/c1-31-21-8-5-16(11-22(21)32-2)12-26-27-13-17-9-19(24)23(20(25)10-17)33-14-15-3-6-18(7-4-15)28(29)30/h3-11,13,26H,12,14H2,1-2H3/b27-13-. The number of nitrogens with zero attached hydrogens (tertiary/aromatic N) is 2. The summed E-state index contributed by atoms with van der Waals surface area (Å²) in [5.41, 5.74) is 5.91. The molecular formula is C23H21I2N3O5. The van der Waals surface area contributed by atoms with Gasteiger partial charge in [-0.05, 0) is 98.3 Å². The number of hydrogen-bond acceptors (Lipinski definition) is 7. The average molecular weight is 673 g/mol. The molecule has 0 aliphatic carbocycles. The van der Waals surface area contributed by atoms with Crippen LogP contribution in [0, 0.1) is 17.3 Å². The molecule has 0 radical (unpaired) electrons. The molecule has 0 amide bonds. The third-order valence-corrected chi connectivity index (χ3v) is 6.19. The van der Waals surface area contributed by atoms with Crippen LogP contribution < -0.4 is 19.6 Å². The van der Waals surface area contributed by atoms with Crippen LogP contribution in [0.5, 0.6) is 17.2 Å². The third-order valence-electron chi connectivity index (χ3n) is 4.59. The number of halogens is 2. The predicted octanol–water partition coefficient (Wildman–Crippen LogP) is 5.52. The lowest BCUT2D eigenvalue weighted by Gasteiger charge is -2.11. The molecule has 0 aliphatic rings. The van der Waals surface area contributed by atoms with E-state index in [1.165, 1.54) is 12.1 Å². The molecule has 0 unspecified atom stereocenters. The van der Waals surface area contributed by atoms with Crippen molar-refractivity contribution in [3.8, 4) is 17.2 Å². The zero-order chi connectivity index (χ0) is 23.8. The number of non-ortho nitro benzene ring substituents is 1. The molecular weight excluding hydrogens is 652 g/mol. The summed E-state index contributed by atoms with van der Waals surface area (Å²) in [5, 5.41) is 15.1. The molecule has 3 aromatic rings. The van der Waals surface area contributed by atoms with E-state index in [0.29, 0.717) is 24.7 Å². The van der Waals surface area contributed by atoms with Crippen molar-refractivity contribution in [2.75, 3.05) is 14.2 Å². The molecule has 0 fully saturated rings. The van der Waals surface area contributed by atoms with E-state index in [2.05, 4.69) is 55.7 Å². The summed E-state index contributed by atoms with van der Waals surface area (Å²) in [6, 6.07) is 16.0. The second-order valence-electron chi connectivity index (χ2n) is 6.81. The molecule has 8 nitrogen and oxygen atoms in total. The van der Waals surface area contributed by atoms with Gasteiger partial charge in [-0.2, -0.15) is 5.10 Å². The molecule has 0 heterocycles. The molecule has 1 N–H and O–H groups in total. The number of hydrazone groups is 1. The minimum absolute atomic E-state index is 0.0614. The number of ether oxygens (including phenoxy) is 3. The van der Waals surface area contributed by atoms with Gasteiger partial charge in [-0.3, -0.25) is 10.1 Å². The van der Waals surface area contributed by atoms with E-state index in [-0.39, 0.29) is 5.69 Å². The monoisotopic (exact) mass is 673 g/mol. The molecule has 0 spiro atoms. The van der Waals surface area contributed by atoms with Crippen LogP contribution in [0.4, 0.5) is 5.69 Å². The number of methoxy groups -OCH3 is 2. The van der Waals surface area contributed by atoms with Crippen LogP contribution in [0.3, 0.4) is 0 Å². The summed E-state index contributed by atoms with van der Waals surface area (Å²) in [5.74, 6) is 2.13. The van der Waals surface area contributed by atoms with E-state index in [1.807, 2.05) is 30.3 Å². The van der Waals surface area contributed by atoms with Crippen LogP contribution >= 0.6 is 45.2 Å². The fourth-order valence-electron chi connectivity index (χ4n) is 2.91. The fraction of sp³-hybridized carbons (Fsp3) is 0.174. The maximum Gasteiger partial charge on any atom is 0.269 e. The Hall–Kier alpha value is -2.61. The van der Waals surface area contributed by atoms with Crippen molar-refractivity contribution in [1.29, 1.82) is 0 Å². The SMILES string of the molecule is COc1ccc(CN/N=C\c2cc(I)c(OCc3ccc([N+](=O)[O-])cc3)c(I)c2)cc1OC. The first-order valence-electron chi connectivity index (χ1n) is 9.73. The summed E-state index contributed by atoms with van der Waals surface area (Å²) >= 11 is 4.45. The lowest BCUT2D eigenvalue weighted by Crippen LogP contribution is -2.06. The van der Waals surface area contributed by atoms with Gasteiger partial charge in [-0.1, -0.05) is 6.07 Å². The molecule has 172 valence electrons. The molecule has 33 heavy (non-hydrogen) atoms. The van der Waals surface area contributed by atoms with E-state index < -0.39 is 4.92 Å². The summed E-state index contributed by atoms with van der Waals surface area (Å²) in [6.07, 6.45) is 1.76. The maximum absolute atomic E-state index is 10.8. The van der Waals surface area contributed by atoms with Gasteiger partial charge in [0.2, 0.25) is 0 Å². The molecule has 0 atom stereocenters. The van der Waals surface area contributed by atoms with E-state index in [9.17, 15) is 10.1 Å². The van der Waals surface area contributed by atoms with Crippen molar-refractivity contribution in [2.45, 2.75) is 13.2 Å². The van der Waals surface area contributed by atoms with E-state index in [1.54, 1.807) is 32.6 Å². The second-order valence-corrected chi connectivity index (χ2v) is 9.13. The van der Waals surface area contributed by atoms with E-state index in [0.717, 1.165) is 29.6 Å². The minimum atomic E-state index is -0.417. The van der Waals surface area contributed by atoms with Crippen molar-refractivity contribution in [2.24, 2.45) is 5.10 Å². The Labute approximate surface area is 218 Å². The number of nitro groups is 1. The molecule has 3 rings (SSSR count). The third kappa shape index (κ3) is 6.93. The molecule has 10 heteroatoms. The normalized spacial score (nSPS) is 10.8. The number of benzene rings is 3. The summed E-state index contributed by atoms with van der Waals surface area (Å²) in [7, 11) is 3.21. The van der Waals surface area contributed by atoms with Gasteiger partial charge in [0.1, 0.15) is 12.4 Å². The van der Waals surface area contributed by atoms with Crippen LogP contribution in [-0.2, 0) is 13.2 Å². The van der Waals surface area contributed by atoms with Crippen LogP contribution in [0.15, 0.2) is 59.7 Å². The number of nitro benzene ring substituents is 1. The van der Waals surface area contributed by atoms with Crippen LogP contribution in [0.2, 0.25) is 0 Å². The van der Waals surface area contributed by atoms with Gasteiger partial charge in [0.05, 0.1) is 39.0 Å². The summed E-state index contributed by atoms with van der Waals surface area (Å²) in [6.45, 7) is 0.867. The van der Waals surface area contributed by atoms with Gasteiger partial charge in [0.15, 0.2) is 11.5 Å². The highest BCUT2D eigenvalue weighted by Crippen LogP contribution is 2.30. The Bertz CT molecular complexity index is 1130. The average Bonchev–Trinajstić information content (AvgIpc) is 2.81. The second kappa shape index (κ2) is 12.0. The zero-order valence-corrected chi connectivity index (χ0v) is 22.2.